The zero-order valence-electron chi connectivity index (χ0n) is 19.7. The molecule has 0 bridgehead atoms. The second-order valence-corrected chi connectivity index (χ2v) is 10.9. The summed E-state index contributed by atoms with van der Waals surface area (Å²) in [5.41, 5.74) is 0.340. The van der Waals surface area contributed by atoms with E-state index < -0.39 is 11.5 Å². The molecule has 4 aliphatic rings. The van der Waals surface area contributed by atoms with E-state index in [0.29, 0.717) is 24.9 Å². The summed E-state index contributed by atoms with van der Waals surface area (Å²) in [6.07, 6.45) is 5.91. The van der Waals surface area contributed by atoms with Crippen molar-refractivity contribution in [3.63, 3.8) is 0 Å². The Morgan fingerprint density at radius 2 is 1.91 bits per heavy atom. The summed E-state index contributed by atoms with van der Waals surface area (Å²) in [6.45, 7) is 4.27. The van der Waals surface area contributed by atoms with Crippen molar-refractivity contribution in [1.82, 2.24) is 15.0 Å². The molecular weight excluding hydrogens is 432 g/mol. The van der Waals surface area contributed by atoms with Crippen molar-refractivity contribution in [3.05, 3.63) is 24.3 Å². The summed E-state index contributed by atoms with van der Waals surface area (Å²) in [7, 11) is 0. The average Bonchev–Trinajstić information content (AvgIpc) is 3.50. The molecule has 34 heavy (non-hydrogen) atoms. The lowest BCUT2D eigenvalue weighted by Gasteiger charge is -2.47. The lowest BCUT2D eigenvalue weighted by molar-refractivity contribution is -0.167. The van der Waals surface area contributed by atoms with Gasteiger partial charge in [-0.1, -0.05) is 30.1 Å². The fraction of sp³-hybridized carbons (Fsp3) is 0.654. The quantitative estimate of drug-likeness (QED) is 0.693. The molecule has 1 aromatic heterocycles. The number of carbonyl (C=O) groups excluding carboxylic acids is 2. The molecule has 2 amide bonds. The number of imide groups is 1. The number of likely N-dealkylation sites (tertiary alicyclic amines) is 1. The molecule has 1 N–H and O–H groups in total. The third-order valence-corrected chi connectivity index (χ3v) is 8.91. The molecular formula is C26H34N4O4. The summed E-state index contributed by atoms with van der Waals surface area (Å²) in [5, 5.41) is 16.1. The molecule has 0 radical (unpaired) electrons. The molecule has 4 fully saturated rings. The number of carbonyl (C=O) groups is 2. The van der Waals surface area contributed by atoms with Gasteiger partial charge in [-0.2, -0.15) is 0 Å². The smallest absolute Gasteiger partial charge is 0.258 e. The number of para-hydroxylation sites is 1. The predicted molar refractivity (Wildman–Crippen MR) is 127 cm³/mol. The van der Waals surface area contributed by atoms with Gasteiger partial charge in [0.2, 0.25) is 5.91 Å². The number of hydrogen-bond donors (Lipinski definition) is 1. The van der Waals surface area contributed by atoms with E-state index in [4.69, 9.17) is 4.52 Å². The zero-order valence-corrected chi connectivity index (χ0v) is 19.7. The molecule has 8 nitrogen and oxygen atoms in total. The highest BCUT2D eigenvalue weighted by Gasteiger charge is 2.52. The van der Waals surface area contributed by atoms with Crippen LogP contribution in [0.1, 0.15) is 51.4 Å². The Bertz CT molecular complexity index is 1080. The molecule has 1 aliphatic carbocycles. The highest BCUT2D eigenvalue weighted by molar-refractivity contribution is 6.01. The van der Waals surface area contributed by atoms with Gasteiger partial charge in [-0.25, -0.2) is 0 Å². The molecule has 0 unspecified atom stereocenters. The standard InChI is InChI=1S/C26H34N4O4/c31-22-15-26(10-3-4-11-26)23(32)25(33)30(22)12-9-18-7-8-19-17-29(14-13-28(19)16-18)24-20-5-1-2-6-21(20)34-27-24/h1-2,5-6,18-19,23,32H,3-4,7-17H2/t18-,19-,23+/m0/s1. The number of piperidine rings is 2. The number of hydrogen-bond acceptors (Lipinski definition) is 7. The van der Waals surface area contributed by atoms with Crippen molar-refractivity contribution in [2.75, 3.05) is 37.6 Å². The maximum atomic E-state index is 12.9. The fourth-order valence-electron chi connectivity index (χ4n) is 6.89. The van der Waals surface area contributed by atoms with E-state index in [1.807, 2.05) is 18.2 Å². The van der Waals surface area contributed by atoms with Crippen molar-refractivity contribution in [2.24, 2.45) is 11.3 Å². The van der Waals surface area contributed by atoms with Gasteiger partial charge in [0.1, 0.15) is 6.10 Å². The number of aliphatic hydroxyl groups is 1. The topological polar surface area (TPSA) is 90.1 Å². The van der Waals surface area contributed by atoms with Crippen LogP contribution in [0.2, 0.25) is 0 Å². The number of amides is 2. The highest BCUT2D eigenvalue weighted by atomic mass is 16.5. The van der Waals surface area contributed by atoms with Crippen LogP contribution in [-0.2, 0) is 9.59 Å². The van der Waals surface area contributed by atoms with Gasteiger partial charge in [-0.3, -0.25) is 19.4 Å². The molecule has 2 aromatic rings. The number of aliphatic hydroxyl groups excluding tert-OH is 1. The van der Waals surface area contributed by atoms with Gasteiger partial charge in [0.25, 0.3) is 5.91 Å². The van der Waals surface area contributed by atoms with Crippen molar-refractivity contribution < 1.29 is 19.2 Å². The molecule has 3 atom stereocenters. The average molecular weight is 467 g/mol. The first kappa shape index (κ1) is 22.0. The number of nitrogens with zero attached hydrogens (tertiary/aromatic N) is 4. The SMILES string of the molecule is O=C1CC2(CCCC2)[C@H](O)C(=O)N1CC[C@@H]1CC[C@H]2CN(c3noc4ccccc34)CCN2C1. The normalized spacial score (nSPS) is 29.9. The molecule has 4 heterocycles. The molecule has 182 valence electrons. The number of aromatic nitrogens is 1. The third-order valence-electron chi connectivity index (χ3n) is 8.91. The van der Waals surface area contributed by atoms with Crippen molar-refractivity contribution in [1.29, 1.82) is 0 Å². The summed E-state index contributed by atoms with van der Waals surface area (Å²) in [6, 6.07) is 8.50. The molecule has 1 saturated carbocycles. The number of fused-ring (bicyclic) bond motifs is 2. The van der Waals surface area contributed by atoms with Crippen LogP contribution in [0.15, 0.2) is 28.8 Å². The Balaban J connectivity index is 1.04. The Morgan fingerprint density at radius 1 is 1.09 bits per heavy atom. The Morgan fingerprint density at radius 3 is 2.76 bits per heavy atom. The van der Waals surface area contributed by atoms with E-state index in [2.05, 4.69) is 21.0 Å². The van der Waals surface area contributed by atoms with E-state index >= 15 is 0 Å². The second kappa shape index (κ2) is 8.64. The van der Waals surface area contributed by atoms with Crippen LogP contribution in [0.3, 0.4) is 0 Å². The number of rotatable bonds is 4. The summed E-state index contributed by atoms with van der Waals surface area (Å²) in [5.74, 6) is 0.966. The van der Waals surface area contributed by atoms with Crippen molar-refractivity contribution >= 4 is 28.6 Å². The molecule has 6 rings (SSSR count). The summed E-state index contributed by atoms with van der Waals surface area (Å²) >= 11 is 0. The first-order valence-corrected chi connectivity index (χ1v) is 12.9. The largest absolute Gasteiger partial charge is 0.383 e. The van der Waals surface area contributed by atoms with Crippen molar-refractivity contribution in [3.8, 4) is 0 Å². The monoisotopic (exact) mass is 466 g/mol. The van der Waals surface area contributed by atoms with Crippen LogP contribution in [-0.4, -0.2) is 76.7 Å². The fourth-order valence-corrected chi connectivity index (χ4v) is 6.89. The van der Waals surface area contributed by atoms with Gasteiger partial charge in [-0.15, -0.1) is 0 Å². The second-order valence-electron chi connectivity index (χ2n) is 10.9. The first-order chi connectivity index (χ1) is 16.5. The van der Waals surface area contributed by atoms with E-state index in [1.54, 1.807) is 0 Å². The van der Waals surface area contributed by atoms with Gasteiger partial charge in [0, 0.05) is 50.6 Å². The van der Waals surface area contributed by atoms with E-state index in [9.17, 15) is 14.7 Å². The van der Waals surface area contributed by atoms with Gasteiger partial charge in [0.15, 0.2) is 11.4 Å². The first-order valence-electron chi connectivity index (χ1n) is 12.9. The lowest BCUT2D eigenvalue weighted by Crippen LogP contribution is -2.58. The lowest BCUT2D eigenvalue weighted by atomic mass is 9.74. The Labute approximate surface area is 199 Å². The van der Waals surface area contributed by atoms with Crippen LogP contribution < -0.4 is 4.90 Å². The maximum absolute atomic E-state index is 12.9. The molecule has 1 aromatic carbocycles. The van der Waals surface area contributed by atoms with Gasteiger partial charge in [-0.05, 0) is 50.2 Å². The zero-order chi connectivity index (χ0) is 23.3. The minimum atomic E-state index is -1.01. The van der Waals surface area contributed by atoms with Crippen LogP contribution in [0.4, 0.5) is 5.82 Å². The van der Waals surface area contributed by atoms with Crippen LogP contribution in [0, 0.1) is 11.3 Å². The molecule has 8 heteroatoms. The van der Waals surface area contributed by atoms with E-state index in [-0.39, 0.29) is 11.8 Å². The third kappa shape index (κ3) is 3.71. The van der Waals surface area contributed by atoms with Crippen LogP contribution >= 0.6 is 0 Å². The predicted octanol–water partition coefficient (Wildman–Crippen LogP) is 2.80. The summed E-state index contributed by atoms with van der Waals surface area (Å²) in [4.78, 5) is 31.9. The van der Waals surface area contributed by atoms with Crippen LogP contribution in [0.5, 0.6) is 0 Å². The van der Waals surface area contributed by atoms with E-state index in [0.717, 1.165) is 87.9 Å². The minimum Gasteiger partial charge on any atom is -0.383 e. The minimum absolute atomic E-state index is 0.0839. The Hall–Kier alpha value is -2.45. The van der Waals surface area contributed by atoms with Crippen molar-refractivity contribution in [2.45, 2.75) is 63.5 Å². The van der Waals surface area contributed by atoms with Crippen LogP contribution in [0.25, 0.3) is 11.0 Å². The number of anilines is 1. The molecule has 3 saturated heterocycles. The summed E-state index contributed by atoms with van der Waals surface area (Å²) < 4.78 is 5.52. The van der Waals surface area contributed by atoms with Gasteiger partial charge < -0.3 is 14.5 Å². The molecule has 1 spiro atoms. The van der Waals surface area contributed by atoms with Gasteiger partial charge >= 0.3 is 0 Å². The maximum Gasteiger partial charge on any atom is 0.258 e. The molecule has 3 aliphatic heterocycles. The highest BCUT2D eigenvalue weighted by Crippen LogP contribution is 2.47. The Kier molecular flexibility index (Phi) is 5.60. The van der Waals surface area contributed by atoms with Gasteiger partial charge in [0.05, 0.1) is 5.39 Å². The van der Waals surface area contributed by atoms with E-state index in [1.165, 1.54) is 4.90 Å². The number of benzene rings is 1. The number of piperazine rings is 1.